The zero-order chi connectivity index (χ0) is 11.7. The molecule has 0 radical (unpaired) electrons. The zero-order valence-corrected chi connectivity index (χ0v) is 10.1. The van der Waals surface area contributed by atoms with E-state index in [1.54, 1.807) is 0 Å². The summed E-state index contributed by atoms with van der Waals surface area (Å²) in [6, 6.07) is 0. The number of carbonyl (C=O) groups excluding carboxylic acids is 2. The van der Waals surface area contributed by atoms with Crippen LogP contribution in [-0.4, -0.2) is 30.8 Å². The van der Waals surface area contributed by atoms with Gasteiger partial charge in [0.15, 0.2) is 0 Å². The first-order valence-corrected chi connectivity index (χ1v) is 5.73. The molecule has 0 saturated carbocycles. The van der Waals surface area contributed by atoms with Gasteiger partial charge < -0.3 is 10.6 Å². The Balaban J connectivity index is 3.56. The van der Waals surface area contributed by atoms with Crippen molar-refractivity contribution in [3.05, 3.63) is 0 Å². The summed E-state index contributed by atoms with van der Waals surface area (Å²) in [5.41, 5.74) is 0. The van der Waals surface area contributed by atoms with E-state index in [0.717, 1.165) is 6.42 Å². The van der Waals surface area contributed by atoms with Gasteiger partial charge >= 0.3 is 11.8 Å². The average molecular weight is 235 g/mol. The van der Waals surface area contributed by atoms with Crippen LogP contribution in [0.4, 0.5) is 0 Å². The van der Waals surface area contributed by atoms with Crippen LogP contribution >= 0.6 is 11.6 Å². The molecule has 0 rings (SSSR count). The molecule has 2 amide bonds. The maximum absolute atomic E-state index is 11.2. The van der Waals surface area contributed by atoms with Crippen LogP contribution in [0.25, 0.3) is 0 Å². The summed E-state index contributed by atoms with van der Waals surface area (Å²) in [6.45, 7) is 5.11. The Kier molecular flexibility index (Phi) is 8.09. The fourth-order valence-corrected chi connectivity index (χ4v) is 1.04. The molecule has 0 unspecified atom stereocenters. The highest BCUT2D eigenvalue weighted by molar-refractivity contribution is 6.35. The van der Waals surface area contributed by atoms with E-state index >= 15 is 0 Å². The van der Waals surface area contributed by atoms with E-state index in [4.69, 9.17) is 11.6 Å². The highest BCUT2D eigenvalue weighted by atomic mass is 35.5. The Morgan fingerprint density at radius 2 is 1.67 bits per heavy atom. The van der Waals surface area contributed by atoms with E-state index in [1.165, 1.54) is 0 Å². The lowest BCUT2D eigenvalue weighted by Gasteiger charge is -2.07. The minimum Gasteiger partial charge on any atom is -0.348 e. The second-order valence-corrected chi connectivity index (χ2v) is 4.11. The summed E-state index contributed by atoms with van der Waals surface area (Å²) in [6.07, 6.45) is 1.55. The highest BCUT2D eigenvalue weighted by Gasteiger charge is 2.11. The maximum Gasteiger partial charge on any atom is 0.309 e. The summed E-state index contributed by atoms with van der Waals surface area (Å²) in [7, 11) is 0. The predicted octanol–water partition coefficient (Wildman–Crippen LogP) is 0.894. The molecule has 88 valence electrons. The van der Waals surface area contributed by atoms with Crippen LogP contribution in [0.15, 0.2) is 0 Å². The monoisotopic (exact) mass is 234 g/mol. The Morgan fingerprint density at radius 3 is 2.13 bits per heavy atom. The van der Waals surface area contributed by atoms with Crippen LogP contribution in [0, 0.1) is 5.92 Å². The number of amides is 2. The van der Waals surface area contributed by atoms with Gasteiger partial charge in [-0.25, -0.2) is 0 Å². The summed E-state index contributed by atoms with van der Waals surface area (Å²) in [4.78, 5) is 22.3. The van der Waals surface area contributed by atoms with Crippen molar-refractivity contribution in [2.45, 2.75) is 26.7 Å². The number of nitrogens with one attached hydrogen (secondary N) is 2. The fourth-order valence-electron chi connectivity index (χ4n) is 0.904. The molecule has 0 aliphatic rings. The normalized spacial score (nSPS) is 10.1. The third-order valence-electron chi connectivity index (χ3n) is 1.81. The lowest BCUT2D eigenvalue weighted by molar-refractivity contribution is -0.139. The van der Waals surface area contributed by atoms with Gasteiger partial charge in [-0.1, -0.05) is 13.8 Å². The van der Waals surface area contributed by atoms with Crippen molar-refractivity contribution >= 4 is 23.4 Å². The standard InChI is InChI=1S/C10H19ClN2O2/c1-8(2)4-7-13-10(15)9(14)12-6-3-5-11/h8H,3-7H2,1-2H3,(H,12,14)(H,13,15). The van der Waals surface area contributed by atoms with Crippen LogP contribution in [0.5, 0.6) is 0 Å². The number of hydrogen-bond donors (Lipinski definition) is 2. The maximum atomic E-state index is 11.2. The molecule has 0 heterocycles. The second kappa shape index (κ2) is 8.53. The van der Waals surface area contributed by atoms with Gasteiger partial charge in [0.05, 0.1) is 0 Å². The van der Waals surface area contributed by atoms with Gasteiger partial charge in [0.1, 0.15) is 0 Å². The summed E-state index contributed by atoms with van der Waals surface area (Å²) >= 11 is 5.43. The van der Waals surface area contributed by atoms with Crippen molar-refractivity contribution in [1.82, 2.24) is 10.6 Å². The van der Waals surface area contributed by atoms with Crippen molar-refractivity contribution in [3.8, 4) is 0 Å². The van der Waals surface area contributed by atoms with Crippen LogP contribution in [0.3, 0.4) is 0 Å². The Labute approximate surface area is 95.7 Å². The molecule has 0 aliphatic carbocycles. The molecule has 0 aromatic rings. The van der Waals surface area contributed by atoms with Gasteiger partial charge in [-0.15, -0.1) is 11.6 Å². The van der Waals surface area contributed by atoms with Crippen LogP contribution in [0.1, 0.15) is 26.7 Å². The number of alkyl halides is 1. The quantitative estimate of drug-likeness (QED) is 0.408. The first-order valence-electron chi connectivity index (χ1n) is 5.20. The number of rotatable bonds is 6. The number of carbonyl (C=O) groups is 2. The molecular weight excluding hydrogens is 216 g/mol. The second-order valence-electron chi connectivity index (χ2n) is 3.74. The van der Waals surface area contributed by atoms with Crippen molar-refractivity contribution in [2.75, 3.05) is 19.0 Å². The summed E-state index contributed by atoms with van der Waals surface area (Å²) in [5.74, 6) is -0.145. The first-order chi connectivity index (χ1) is 7.07. The molecule has 0 aromatic carbocycles. The third-order valence-corrected chi connectivity index (χ3v) is 2.08. The molecule has 0 saturated heterocycles. The molecule has 15 heavy (non-hydrogen) atoms. The van der Waals surface area contributed by atoms with E-state index in [2.05, 4.69) is 24.5 Å². The SMILES string of the molecule is CC(C)CCNC(=O)C(=O)NCCCCl. The zero-order valence-electron chi connectivity index (χ0n) is 9.31. The topological polar surface area (TPSA) is 58.2 Å². The fraction of sp³-hybridized carbons (Fsp3) is 0.800. The molecule has 0 fully saturated rings. The van der Waals surface area contributed by atoms with E-state index < -0.39 is 11.8 Å². The number of halogens is 1. The van der Waals surface area contributed by atoms with Gasteiger partial charge in [-0.05, 0) is 18.8 Å². The van der Waals surface area contributed by atoms with Gasteiger partial charge in [0.2, 0.25) is 0 Å². The van der Waals surface area contributed by atoms with Crippen LogP contribution < -0.4 is 10.6 Å². The van der Waals surface area contributed by atoms with E-state index in [0.29, 0.717) is 31.3 Å². The molecular formula is C10H19ClN2O2. The molecule has 0 aliphatic heterocycles. The van der Waals surface area contributed by atoms with Crippen molar-refractivity contribution in [2.24, 2.45) is 5.92 Å². The van der Waals surface area contributed by atoms with E-state index in [9.17, 15) is 9.59 Å². The van der Waals surface area contributed by atoms with Gasteiger partial charge in [0, 0.05) is 19.0 Å². The molecule has 0 bridgehead atoms. The Bertz CT molecular complexity index is 208. The first kappa shape index (κ1) is 14.2. The molecule has 2 N–H and O–H groups in total. The van der Waals surface area contributed by atoms with E-state index in [-0.39, 0.29) is 0 Å². The largest absolute Gasteiger partial charge is 0.348 e. The van der Waals surface area contributed by atoms with Crippen molar-refractivity contribution < 1.29 is 9.59 Å². The molecule has 0 atom stereocenters. The van der Waals surface area contributed by atoms with E-state index in [1.807, 2.05) is 0 Å². The Morgan fingerprint density at radius 1 is 1.13 bits per heavy atom. The Hall–Kier alpha value is -0.770. The lowest BCUT2D eigenvalue weighted by atomic mass is 10.1. The van der Waals surface area contributed by atoms with Crippen LogP contribution in [0.2, 0.25) is 0 Å². The van der Waals surface area contributed by atoms with Crippen LogP contribution in [-0.2, 0) is 9.59 Å². The predicted molar refractivity (Wildman–Crippen MR) is 60.8 cm³/mol. The molecule has 5 heteroatoms. The smallest absolute Gasteiger partial charge is 0.309 e. The highest BCUT2D eigenvalue weighted by Crippen LogP contribution is 1.95. The lowest BCUT2D eigenvalue weighted by Crippen LogP contribution is -2.40. The van der Waals surface area contributed by atoms with Crippen molar-refractivity contribution in [1.29, 1.82) is 0 Å². The third kappa shape index (κ3) is 8.24. The van der Waals surface area contributed by atoms with Crippen molar-refractivity contribution in [3.63, 3.8) is 0 Å². The van der Waals surface area contributed by atoms with Gasteiger partial charge in [0.25, 0.3) is 0 Å². The molecule has 0 aromatic heterocycles. The molecule has 4 nitrogen and oxygen atoms in total. The molecule has 0 spiro atoms. The van der Waals surface area contributed by atoms with Gasteiger partial charge in [-0.3, -0.25) is 9.59 Å². The summed E-state index contributed by atoms with van der Waals surface area (Å²) < 4.78 is 0. The number of hydrogen-bond acceptors (Lipinski definition) is 2. The van der Waals surface area contributed by atoms with Gasteiger partial charge in [-0.2, -0.15) is 0 Å². The average Bonchev–Trinajstić information content (AvgIpc) is 2.17. The minimum absolute atomic E-state index is 0.444. The minimum atomic E-state index is -0.580. The summed E-state index contributed by atoms with van der Waals surface area (Å²) in [5, 5.41) is 5.04.